The predicted octanol–water partition coefficient (Wildman–Crippen LogP) is 1.93. The molecule has 2 rings (SSSR count). The molecule has 1 aromatic carbocycles. The molecular formula is C13H17N3O. The van der Waals surface area contributed by atoms with Crippen LogP contribution >= 0.6 is 0 Å². The fourth-order valence-corrected chi connectivity index (χ4v) is 1.68. The quantitative estimate of drug-likeness (QED) is 0.818. The number of nitrogens with zero attached hydrogens (tertiary/aromatic N) is 2. The lowest BCUT2D eigenvalue weighted by Gasteiger charge is -2.10. The largest absolute Gasteiger partial charge is 0.493 e. The second-order valence-electron chi connectivity index (χ2n) is 4.02. The summed E-state index contributed by atoms with van der Waals surface area (Å²) in [5.41, 5.74) is 7.57. The molecule has 17 heavy (non-hydrogen) atoms. The Morgan fingerprint density at radius 3 is 2.94 bits per heavy atom. The summed E-state index contributed by atoms with van der Waals surface area (Å²) in [4.78, 5) is 4.25. The average Bonchev–Trinajstić information content (AvgIpc) is 2.71. The van der Waals surface area contributed by atoms with Crippen molar-refractivity contribution >= 4 is 5.69 Å². The van der Waals surface area contributed by atoms with Crippen LogP contribution in [0.1, 0.15) is 11.4 Å². The molecule has 4 nitrogen and oxygen atoms in total. The Kier molecular flexibility index (Phi) is 3.32. The number of ether oxygens (including phenoxy) is 1. The molecule has 0 amide bonds. The number of aryl methyl sites for hydroxylation is 1. The molecule has 2 N–H and O–H groups in total. The van der Waals surface area contributed by atoms with E-state index in [-0.39, 0.29) is 0 Å². The van der Waals surface area contributed by atoms with Crippen LogP contribution in [-0.2, 0) is 13.5 Å². The molecule has 0 bridgehead atoms. The van der Waals surface area contributed by atoms with Crippen molar-refractivity contribution in [3.05, 3.63) is 42.0 Å². The van der Waals surface area contributed by atoms with Gasteiger partial charge in [0.2, 0.25) is 0 Å². The van der Waals surface area contributed by atoms with E-state index in [2.05, 4.69) is 4.98 Å². The monoisotopic (exact) mass is 231 g/mol. The molecule has 0 saturated heterocycles. The van der Waals surface area contributed by atoms with Crippen molar-refractivity contribution in [2.24, 2.45) is 7.05 Å². The van der Waals surface area contributed by atoms with Crippen molar-refractivity contribution in [1.29, 1.82) is 0 Å². The van der Waals surface area contributed by atoms with E-state index < -0.39 is 0 Å². The zero-order valence-corrected chi connectivity index (χ0v) is 10.2. The number of rotatable bonds is 4. The minimum atomic E-state index is 0.606. The van der Waals surface area contributed by atoms with Crippen LogP contribution in [0.4, 0.5) is 5.69 Å². The molecule has 0 unspecified atom stereocenters. The summed E-state index contributed by atoms with van der Waals surface area (Å²) in [7, 11) is 1.98. The van der Waals surface area contributed by atoms with Crippen LogP contribution in [0.2, 0.25) is 0 Å². The van der Waals surface area contributed by atoms with Crippen LogP contribution in [0, 0.1) is 6.92 Å². The maximum absolute atomic E-state index is 5.81. The van der Waals surface area contributed by atoms with E-state index in [1.54, 1.807) is 6.20 Å². The summed E-state index contributed by atoms with van der Waals surface area (Å²) in [6.45, 7) is 2.57. The summed E-state index contributed by atoms with van der Waals surface area (Å²) in [5, 5.41) is 0. The minimum absolute atomic E-state index is 0.606. The fraction of sp³-hybridized carbons (Fsp3) is 0.308. The minimum Gasteiger partial charge on any atom is -0.493 e. The number of aromatic nitrogens is 2. The van der Waals surface area contributed by atoms with Crippen LogP contribution in [0.25, 0.3) is 0 Å². The number of imidazole rings is 1. The van der Waals surface area contributed by atoms with Crippen LogP contribution in [0.15, 0.2) is 30.6 Å². The smallest absolute Gasteiger partial charge is 0.124 e. The van der Waals surface area contributed by atoms with Gasteiger partial charge in [-0.1, -0.05) is 6.07 Å². The molecule has 90 valence electrons. The highest BCUT2D eigenvalue weighted by molar-refractivity contribution is 5.53. The topological polar surface area (TPSA) is 53.1 Å². The lowest BCUT2D eigenvalue weighted by Crippen LogP contribution is -2.07. The Labute approximate surface area is 101 Å². The zero-order chi connectivity index (χ0) is 12.3. The summed E-state index contributed by atoms with van der Waals surface area (Å²) in [6, 6.07) is 5.71. The Balaban J connectivity index is 1.95. The molecule has 1 aromatic heterocycles. The number of nitrogens with two attached hydrogens (primary N) is 1. The number of benzene rings is 1. The zero-order valence-electron chi connectivity index (χ0n) is 10.2. The number of hydrogen-bond acceptors (Lipinski definition) is 3. The van der Waals surface area contributed by atoms with E-state index >= 15 is 0 Å². The molecule has 0 aliphatic carbocycles. The molecule has 4 heteroatoms. The summed E-state index contributed by atoms with van der Waals surface area (Å²) >= 11 is 0. The fourth-order valence-electron chi connectivity index (χ4n) is 1.68. The van der Waals surface area contributed by atoms with E-state index in [1.165, 1.54) is 0 Å². The second-order valence-corrected chi connectivity index (χ2v) is 4.02. The van der Waals surface area contributed by atoms with Crippen LogP contribution in [0.5, 0.6) is 5.75 Å². The third-order valence-electron chi connectivity index (χ3n) is 2.83. The number of nitrogen functional groups attached to an aromatic ring is 1. The maximum Gasteiger partial charge on any atom is 0.124 e. The van der Waals surface area contributed by atoms with Gasteiger partial charge < -0.3 is 15.0 Å². The standard InChI is InChI=1S/C13H17N3O/c1-10-11(14)4-3-5-12(10)17-9-6-13-15-7-8-16(13)2/h3-5,7-8H,6,9,14H2,1-2H3. The second kappa shape index (κ2) is 4.91. The van der Waals surface area contributed by atoms with E-state index in [0.29, 0.717) is 6.61 Å². The van der Waals surface area contributed by atoms with Gasteiger partial charge in [0.25, 0.3) is 0 Å². The predicted molar refractivity (Wildman–Crippen MR) is 68.0 cm³/mol. The first-order valence-corrected chi connectivity index (χ1v) is 5.62. The lowest BCUT2D eigenvalue weighted by atomic mass is 10.2. The van der Waals surface area contributed by atoms with E-state index in [1.807, 2.05) is 42.9 Å². The average molecular weight is 231 g/mol. The molecule has 0 saturated carbocycles. The van der Waals surface area contributed by atoms with Gasteiger partial charge >= 0.3 is 0 Å². The van der Waals surface area contributed by atoms with Gasteiger partial charge in [0.15, 0.2) is 0 Å². The molecule has 0 aliphatic heterocycles. The van der Waals surface area contributed by atoms with E-state index in [0.717, 1.165) is 29.2 Å². The van der Waals surface area contributed by atoms with E-state index in [9.17, 15) is 0 Å². The van der Waals surface area contributed by atoms with Gasteiger partial charge in [0.1, 0.15) is 11.6 Å². The highest BCUT2D eigenvalue weighted by atomic mass is 16.5. The SMILES string of the molecule is Cc1c(N)cccc1OCCc1nccn1C. The Bertz CT molecular complexity index is 505. The van der Waals surface area contributed by atoms with Crippen molar-refractivity contribution in [2.75, 3.05) is 12.3 Å². The maximum atomic E-state index is 5.81. The van der Waals surface area contributed by atoms with Gasteiger partial charge in [0.05, 0.1) is 6.61 Å². The first-order valence-electron chi connectivity index (χ1n) is 5.62. The van der Waals surface area contributed by atoms with Gasteiger partial charge in [-0.05, 0) is 19.1 Å². The van der Waals surface area contributed by atoms with Crippen molar-refractivity contribution < 1.29 is 4.74 Å². The third kappa shape index (κ3) is 2.58. The summed E-state index contributed by atoms with van der Waals surface area (Å²) in [6.07, 6.45) is 4.51. The van der Waals surface area contributed by atoms with Crippen LogP contribution < -0.4 is 10.5 Å². The molecule has 0 atom stereocenters. The van der Waals surface area contributed by atoms with Crippen LogP contribution in [0.3, 0.4) is 0 Å². The molecule has 2 aromatic rings. The molecular weight excluding hydrogens is 214 g/mol. The third-order valence-corrected chi connectivity index (χ3v) is 2.83. The first-order chi connectivity index (χ1) is 8.18. The van der Waals surface area contributed by atoms with Gasteiger partial charge in [0, 0.05) is 37.1 Å². The number of hydrogen-bond donors (Lipinski definition) is 1. The summed E-state index contributed by atoms with van der Waals surface area (Å²) < 4.78 is 7.71. The molecule has 0 fully saturated rings. The van der Waals surface area contributed by atoms with Gasteiger partial charge in [-0.15, -0.1) is 0 Å². The molecule has 0 aliphatic rings. The highest BCUT2D eigenvalue weighted by Gasteiger charge is 2.03. The van der Waals surface area contributed by atoms with Gasteiger partial charge in [-0.3, -0.25) is 0 Å². The normalized spacial score (nSPS) is 10.5. The lowest BCUT2D eigenvalue weighted by molar-refractivity contribution is 0.315. The molecule has 0 spiro atoms. The summed E-state index contributed by atoms with van der Waals surface area (Å²) in [5.74, 6) is 1.87. The Morgan fingerprint density at radius 2 is 2.24 bits per heavy atom. The Hall–Kier alpha value is -1.97. The van der Waals surface area contributed by atoms with Crippen LogP contribution in [-0.4, -0.2) is 16.2 Å². The van der Waals surface area contributed by atoms with Gasteiger partial charge in [-0.25, -0.2) is 4.98 Å². The highest BCUT2D eigenvalue weighted by Crippen LogP contribution is 2.22. The number of anilines is 1. The Morgan fingerprint density at radius 1 is 1.41 bits per heavy atom. The first kappa shape index (κ1) is 11.5. The van der Waals surface area contributed by atoms with E-state index in [4.69, 9.17) is 10.5 Å². The molecule has 0 radical (unpaired) electrons. The van der Waals surface area contributed by atoms with Crippen molar-refractivity contribution in [3.8, 4) is 5.75 Å². The molecule has 1 heterocycles. The van der Waals surface area contributed by atoms with Crippen molar-refractivity contribution in [1.82, 2.24) is 9.55 Å². The van der Waals surface area contributed by atoms with Crippen molar-refractivity contribution in [3.63, 3.8) is 0 Å². The van der Waals surface area contributed by atoms with Crippen molar-refractivity contribution in [2.45, 2.75) is 13.3 Å². The van der Waals surface area contributed by atoms with Gasteiger partial charge in [-0.2, -0.15) is 0 Å².